The molecule has 0 saturated carbocycles. The highest BCUT2D eigenvalue weighted by Crippen LogP contribution is 2.29. The standard InChI is InChI=1S/C22H25N3O2S/c1-4-26-21-12-17(10-11-20(21)27-14-16(2)3)13-23-25-22-24-19(15-28-22)18-8-6-5-7-9-18/h5-13,15-16H,4,14H2,1-3H3,(H,24,25). The van der Waals surface area contributed by atoms with Crippen LogP contribution in [0.1, 0.15) is 26.3 Å². The summed E-state index contributed by atoms with van der Waals surface area (Å²) in [5, 5.41) is 7.06. The topological polar surface area (TPSA) is 55.7 Å². The van der Waals surface area contributed by atoms with Crippen LogP contribution in [0.15, 0.2) is 59.0 Å². The molecular weight excluding hydrogens is 370 g/mol. The Morgan fingerprint density at radius 2 is 1.93 bits per heavy atom. The van der Waals surface area contributed by atoms with Gasteiger partial charge >= 0.3 is 0 Å². The minimum Gasteiger partial charge on any atom is -0.490 e. The molecule has 6 heteroatoms. The number of thiazole rings is 1. The van der Waals surface area contributed by atoms with Crippen molar-refractivity contribution in [2.45, 2.75) is 20.8 Å². The van der Waals surface area contributed by atoms with Crippen LogP contribution in [0, 0.1) is 5.92 Å². The Morgan fingerprint density at radius 3 is 2.68 bits per heavy atom. The molecule has 28 heavy (non-hydrogen) atoms. The summed E-state index contributed by atoms with van der Waals surface area (Å²) in [6, 6.07) is 15.9. The van der Waals surface area contributed by atoms with Crippen molar-refractivity contribution in [1.82, 2.24) is 4.98 Å². The number of hydrogen-bond acceptors (Lipinski definition) is 6. The summed E-state index contributed by atoms with van der Waals surface area (Å²) < 4.78 is 11.5. The van der Waals surface area contributed by atoms with Gasteiger partial charge in [0.15, 0.2) is 11.5 Å². The third kappa shape index (κ3) is 5.57. The molecule has 3 rings (SSSR count). The fourth-order valence-corrected chi connectivity index (χ4v) is 3.15. The van der Waals surface area contributed by atoms with E-state index >= 15 is 0 Å². The zero-order valence-corrected chi connectivity index (χ0v) is 17.2. The van der Waals surface area contributed by atoms with Crippen molar-refractivity contribution in [1.29, 1.82) is 0 Å². The zero-order chi connectivity index (χ0) is 19.8. The molecule has 0 bridgehead atoms. The molecule has 2 aromatic carbocycles. The molecule has 1 heterocycles. The summed E-state index contributed by atoms with van der Waals surface area (Å²) >= 11 is 1.52. The minimum absolute atomic E-state index is 0.457. The van der Waals surface area contributed by atoms with E-state index in [9.17, 15) is 0 Å². The predicted octanol–water partition coefficient (Wildman–Crippen LogP) is 5.69. The van der Waals surface area contributed by atoms with Gasteiger partial charge in [0.05, 0.1) is 25.1 Å². The number of benzene rings is 2. The quantitative estimate of drug-likeness (QED) is 0.373. The summed E-state index contributed by atoms with van der Waals surface area (Å²) in [5.74, 6) is 1.94. The van der Waals surface area contributed by atoms with Crippen LogP contribution >= 0.6 is 11.3 Å². The van der Waals surface area contributed by atoms with E-state index in [1.165, 1.54) is 11.3 Å². The van der Waals surface area contributed by atoms with Crippen LogP contribution in [0.25, 0.3) is 11.3 Å². The molecule has 0 saturated heterocycles. The molecule has 1 aromatic heterocycles. The van der Waals surface area contributed by atoms with Gasteiger partial charge in [0.1, 0.15) is 0 Å². The number of hydrogen-bond donors (Lipinski definition) is 1. The molecule has 146 valence electrons. The van der Waals surface area contributed by atoms with Crippen molar-refractivity contribution in [2.75, 3.05) is 18.6 Å². The molecule has 0 spiro atoms. The molecule has 0 unspecified atom stereocenters. The van der Waals surface area contributed by atoms with Crippen molar-refractivity contribution in [3.8, 4) is 22.8 Å². The predicted molar refractivity (Wildman–Crippen MR) is 117 cm³/mol. The first-order valence-electron chi connectivity index (χ1n) is 9.35. The van der Waals surface area contributed by atoms with Crippen molar-refractivity contribution in [2.24, 2.45) is 11.0 Å². The smallest absolute Gasteiger partial charge is 0.203 e. The Balaban J connectivity index is 1.65. The lowest BCUT2D eigenvalue weighted by Crippen LogP contribution is -2.06. The lowest BCUT2D eigenvalue weighted by molar-refractivity contribution is 0.248. The molecule has 0 aliphatic carbocycles. The summed E-state index contributed by atoms with van der Waals surface area (Å²) in [7, 11) is 0. The van der Waals surface area contributed by atoms with E-state index in [0.717, 1.165) is 33.5 Å². The zero-order valence-electron chi connectivity index (χ0n) is 16.4. The second kappa shape index (κ2) is 9.90. The maximum absolute atomic E-state index is 5.83. The molecular formula is C22H25N3O2S. The van der Waals surface area contributed by atoms with Crippen LogP contribution in [0.5, 0.6) is 11.5 Å². The van der Waals surface area contributed by atoms with Gasteiger partial charge in [-0.1, -0.05) is 44.2 Å². The van der Waals surface area contributed by atoms with Crippen LogP contribution in [-0.2, 0) is 0 Å². The lowest BCUT2D eigenvalue weighted by Gasteiger charge is -2.13. The fraction of sp³-hybridized carbons (Fsp3) is 0.273. The maximum Gasteiger partial charge on any atom is 0.203 e. The largest absolute Gasteiger partial charge is 0.490 e. The third-order valence-corrected chi connectivity index (χ3v) is 4.53. The van der Waals surface area contributed by atoms with Crippen molar-refractivity contribution in [3.05, 3.63) is 59.5 Å². The second-order valence-electron chi connectivity index (χ2n) is 6.62. The van der Waals surface area contributed by atoms with E-state index < -0.39 is 0 Å². The molecule has 0 aliphatic heterocycles. The molecule has 0 aliphatic rings. The number of nitrogens with zero attached hydrogens (tertiary/aromatic N) is 2. The van der Waals surface area contributed by atoms with E-state index in [4.69, 9.17) is 9.47 Å². The Morgan fingerprint density at radius 1 is 1.11 bits per heavy atom. The van der Waals surface area contributed by atoms with Gasteiger partial charge in [-0.25, -0.2) is 4.98 Å². The molecule has 0 fully saturated rings. The van der Waals surface area contributed by atoms with Gasteiger partial charge in [0.25, 0.3) is 0 Å². The monoisotopic (exact) mass is 395 g/mol. The highest BCUT2D eigenvalue weighted by molar-refractivity contribution is 7.14. The van der Waals surface area contributed by atoms with Crippen LogP contribution in [0.4, 0.5) is 5.13 Å². The van der Waals surface area contributed by atoms with E-state index in [0.29, 0.717) is 19.1 Å². The average Bonchev–Trinajstić information content (AvgIpc) is 3.17. The molecule has 0 radical (unpaired) electrons. The van der Waals surface area contributed by atoms with Gasteiger partial charge in [-0.05, 0) is 36.6 Å². The number of aromatic nitrogens is 1. The Labute approximate surface area is 170 Å². The Bertz CT molecular complexity index is 907. The van der Waals surface area contributed by atoms with Gasteiger partial charge in [-0.2, -0.15) is 5.10 Å². The van der Waals surface area contributed by atoms with Crippen LogP contribution < -0.4 is 14.9 Å². The van der Waals surface area contributed by atoms with Crippen LogP contribution in [0.3, 0.4) is 0 Å². The van der Waals surface area contributed by atoms with Gasteiger partial charge in [0, 0.05) is 10.9 Å². The van der Waals surface area contributed by atoms with Gasteiger partial charge in [0.2, 0.25) is 5.13 Å². The highest BCUT2D eigenvalue weighted by atomic mass is 32.1. The highest BCUT2D eigenvalue weighted by Gasteiger charge is 2.07. The SMILES string of the molecule is CCOc1cc(C=NNc2nc(-c3ccccc3)cs2)ccc1OCC(C)C. The molecule has 0 atom stereocenters. The van der Waals surface area contributed by atoms with Gasteiger partial charge < -0.3 is 9.47 Å². The van der Waals surface area contributed by atoms with Crippen molar-refractivity contribution in [3.63, 3.8) is 0 Å². The normalized spacial score (nSPS) is 11.1. The van der Waals surface area contributed by atoms with E-state index in [-0.39, 0.29) is 0 Å². The third-order valence-electron chi connectivity index (χ3n) is 3.79. The van der Waals surface area contributed by atoms with E-state index in [1.54, 1.807) is 6.21 Å². The number of anilines is 1. The maximum atomic E-state index is 5.83. The van der Waals surface area contributed by atoms with Crippen molar-refractivity contribution >= 4 is 22.7 Å². The van der Waals surface area contributed by atoms with Crippen molar-refractivity contribution < 1.29 is 9.47 Å². The number of nitrogens with one attached hydrogen (secondary N) is 1. The van der Waals surface area contributed by atoms with Crippen LogP contribution in [0.2, 0.25) is 0 Å². The number of ether oxygens (including phenoxy) is 2. The second-order valence-corrected chi connectivity index (χ2v) is 7.48. The first kappa shape index (κ1) is 19.9. The van der Waals surface area contributed by atoms with Gasteiger partial charge in [-0.3, -0.25) is 5.43 Å². The molecule has 1 N–H and O–H groups in total. The number of rotatable bonds is 9. The van der Waals surface area contributed by atoms with E-state index in [2.05, 4.69) is 29.4 Å². The lowest BCUT2D eigenvalue weighted by atomic mass is 10.2. The Kier molecular flexibility index (Phi) is 7.03. The summed E-state index contributed by atoms with van der Waals surface area (Å²) in [5.41, 5.74) is 5.95. The molecule has 3 aromatic rings. The molecule has 0 amide bonds. The first-order chi connectivity index (χ1) is 13.7. The fourth-order valence-electron chi connectivity index (χ4n) is 2.48. The Hall–Kier alpha value is -2.86. The van der Waals surface area contributed by atoms with E-state index in [1.807, 2.05) is 60.8 Å². The number of hydrazone groups is 1. The minimum atomic E-state index is 0.457. The summed E-state index contributed by atoms with van der Waals surface area (Å²) in [4.78, 5) is 4.56. The van der Waals surface area contributed by atoms with Gasteiger partial charge in [-0.15, -0.1) is 11.3 Å². The summed E-state index contributed by atoms with van der Waals surface area (Å²) in [6.45, 7) is 7.44. The molecule has 5 nitrogen and oxygen atoms in total. The average molecular weight is 396 g/mol. The van der Waals surface area contributed by atoms with Crippen LogP contribution in [-0.4, -0.2) is 24.4 Å². The first-order valence-corrected chi connectivity index (χ1v) is 10.2. The summed E-state index contributed by atoms with van der Waals surface area (Å²) in [6.07, 6.45) is 1.75.